The van der Waals surface area contributed by atoms with Crippen molar-refractivity contribution < 1.29 is 52.3 Å². The lowest BCUT2D eigenvalue weighted by molar-refractivity contribution is -0.870. The summed E-state index contributed by atoms with van der Waals surface area (Å²) in [6.45, 7) is 3.87. The van der Waals surface area contributed by atoms with E-state index in [1.165, 1.54) is 19.3 Å². The lowest BCUT2D eigenvalue weighted by Gasteiger charge is -2.24. The summed E-state index contributed by atoms with van der Waals surface area (Å²) in [7, 11) is 1.29. The van der Waals surface area contributed by atoms with Crippen LogP contribution in [0.4, 0.5) is 0 Å². The Labute approximate surface area is 374 Å². The number of aliphatic hydroxyl groups is 2. The third-order valence-corrected chi connectivity index (χ3v) is 9.63. The minimum absolute atomic E-state index is 0.0224. The van der Waals surface area contributed by atoms with Crippen LogP contribution in [0.15, 0.2) is 122 Å². The molecule has 0 radical (unpaired) electrons. The number of rotatable bonds is 38. The highest BCUT2D eigenvalue weighted by atomic mass is 31.2. The molecule has 0 aliphatic rings. The summed E-state index contributed by atoms with van der Waals surface area (Å²) >= 11 is 0. The van der Waals surface area contributed by atoms with Gasteiger partial charge in [-0.3, -0.25) is 18.6 Å². The molecule has 0 saturated carbocycles. The molecule has 11 nitrogen and oxygen atoms in total. The van der Waals surface area contributed by atoms with Gasteiger partial charge in [0.25, 0.3) is 0 Å². The lowest BCUT2D eigenvalue weighted by atomic mass is 10.2. The second-order valence-electron chi connectivity index (χ2n) is 15.7. The number of esters is 2. The quantitative estimate of drug-likeness (QED) is 0.0137. The molecule has 0 aliphatic heterocycles. The molecule has 0 fully saturated rings. The zero-order valence-corrected chi connectivity index (χ0v) is 39.4. The predicted octanol–water partition coefficient (Wildman–Crippen LogP) is 10.8. The predicted molar refractivity (Wildman–Crippen MR) is 254 cm³/mol. The summed E-state index contributed by atoms with van der Waals surface area (Å²) in [4.78, 5) is 35.4. The van der Waals surface area contributed by atoms with Crippen LogP contribution in [0.2, 0.25) is 0 Å². The van der Waals surface area contributed by atoms with Crippen LogP contribution in [0, 0.1) is 0 Å². The highest BCUT2D eigenvalue weighted by Gasteiger charge is 2.27. The first kappa shape index (κ1) is 58.3. The second-order valence-corrected chi connectivity index (χ2v) is 17.2. The third-order valence-electron chi connectivity index (χ3n) is 8.65. The first-order chi connectivity index (χ1) is 29.8. The van der Waals surface area contributed by atoms with Gasteiger partial charge in [-0.05, 0) is 77.0 Å². The standard InChI is InChI=1S/C50H80NO10P/c1-6-8-10-11-12-13-14-15-16-17-18-19-20-21-25-28-34-40-49(54)58-44-48(45-60-62(56,57)59-43-42-51(3,4)5)61-50(55)41-35-29-33-39-47(53)38-32-27-24-22-23-26-31-37-46(52)36-30-9-7-2/h9,12-13,15-16,18-19,21,23-27,30-33,37-39,46-48,52-53H,6-8,10-11,14,17,20,22,28-29,34-36,40-45H2,1-5H3/p+1/b13-12-,16-15-,19-18-,25-21-,26-23-,27-24-,30-9-,37-31+,38-32+,39-33-/t46-,47-,48+/m0/s1. The molecule has 0 aromatic rings. The Morgan fingerprint density at radius 2 is 1.18 bits per heavy atom. The zero-order chi connectivity index (χ0) is 46.0. The van der Waals surface area contributed by atoms with Crippen molar-refractivity contribution in [3.05, 3.63) is 122 Å². The normalized spacial score (nSPS) is 15.7. The molecule has 350 valence electrons. The van der Waals surface area contributed by atoms with Crippen molar-refractivity contribution in [1.29, 1.82) is 0 Å². The van der Waals surface area contributed by atoms with Crippen LogP contribution in [0.5, 0.6) is 0 Å². The molecule has 0 amide bonds. The monoisotopic (exact) mass is 887 g/mol. The molecule has 1 unspecified atom stereocenters. The number of carbonyl (C=O) groups is 2. The summed E-state index contributed by atoms with van der Waals surface area (Å²) in [6, 6.07) is 0. The zero-order valence-electron chi connectivity index (χ0n) is 38.5. The van der Waals surface area contributed by atoms with E-state index in [0.29, 0.717) is 49.6 Å². The number of carbonyl (C=O) groups excluding carboxylic acids is 2. The average molecular weight is 887 g/mol. The number of ether oxygens (including phenoxy) is 2. The Morgan fingerprint density at radius 1 is 0.613 bits per heavy atom. The molecule has 0 aliphatic carbocycles. The molecule has 12 heteroatoms. The molecule has 0 rings (SSSR count). The van der Waals surface area contributed by atoms with Gasteiger partial charge in [-0.2, -0.15) is 0 Å². The number of likely N-dealkylation sites (N-methyl/N-ethyl adjacent to an activating group) is 1. The van der Waals surface area contributed by atoms with E-state index >= 15 is 0 Å². The van der Waals surface area contributed by atoms with Gasteiger partial charge in [0.1, 0.15) is 19.8 Å². The van der Waals surface area contributed by atoms with Gasteiger partial charge >= 0.3 is 19.8 Å². The Kier molecular flexibility index (Phi) is 37.8. The van der Waals surface area contributed by atoms with E-state index in [1.54, 1.807) is 30.4 Å². The number of aliphatic hydroxyl groups excluding tert-OH is 2. The van der Waals surface area contributed by atoms with Gasteiger partial charge < -0.3 is 29.1 Å². The Balaban J connectivity index is 4.72. The van der Waals surface area contributed by atoms with E-state index in [2.05, 4.69) is 56.4 Å². The minimum Gasteiger partial charge on any atom is -0.462 e. The Morgan fingerprint density at radius 3 is 1.79 bits per heavy atom. The maximum absolute atomic E-state index is 12.7. The fourth-order valence-corrected chi connectivity index (χ4v) is 5.84. The number of hydrogen-bond acceptors (Lipinski definition) is 9. The van der Waals surface area contributed by atoms with Crippen molar-refractivity contribution in [3.63, 3.8) is 0 Å². The third kappa shape index (κ3) is 43.0. The van der Waals surface area contributed by atoms with E-state index in [4.69, 9.17) is 18.5 Å². The number of nitrogens with zero attached hydrogens (tertiary/aromatic N) is 1. The number of hydrogen-bond donors (Lipinski definition) is 3. The molecule has 0 spiro atoms. The molecule has 62 heavy (non-hydrogen) atoms. The Hall–Kier alpha value is -3.67. The van der Waals surface area contributed by atoms with Crippen molar-refractivity contribution in [3.8, 4) is 0 Å². The number of phosphoric acid groups is 1. The van der Waals surface area contributed by atoms with Gasteiger partial charge in [0.05, 0.1) is 40.0 Å². The van der Waals surface area contributed by atoms with Crippen molar-refractivity contribution >= 4 is 19.8 Å². The van der Waals surface area contributed by atoms with Gasteiger partial charge in [-0.25, -0.2) is 4.57 Å². The maximum atomic E-state index is 12.7. The second kappa shape index (κ2) is 40.1. The maximum Gasteiger partial charge on any atom is 0.472 e. The summed E-state index contributed by atoms with van der Waals surface area (Å²) in [5.74, 6) is -1.06. The first-order valence-electron chi connectivity index (χ1n) is 22.5. The topological polar surface area (TPSA) is 149 Å². The van der Waals surface area contributed by atoms with E-state index < -0.39 is 44.7 Å². The largest absolute Gasteiger partial charge is 0.472 e. The highest BCUT2D eigenvalue weighted by Crippen LogP contribution is 2.43. The van der Waals surface area contributed by atoms with E-state index in [1.807, 2.05) is 69.8 Å². The molecule has 0 aromatic carbocycles. The SMILES string of the molecule is CC/C=C\C[C@H](O)/C=C/C=C\C/C=C\C=C\[C@H](O)/C=C\CCCC(=O)O[C@H](COC(=O)CCC/C=C\C/C=C\C/C=C\C/C=C\CCCCC)COP(=O)(O)OCC[N+](C)(C)C. The van der Waals surface area contributed by atoms with Crippen LogP contribution >= 0.6 is 7.82 Å². The van der Waals surface area contributed by atoms with Crippen LogP contribution in [0.3, 0.4) is 0 Å². The highest BCUT2D eigenvalue weighted by molar-refractivity contribution is 7.47. The van der Waals surface area contributed by atoms with Gasteiger partial charge in [-0.15, -0.1) is 0 Å². The fraction of sp³-hybridized carbons (Fsp3) is 0.560. The molecule has 0 heterocycles. The average Bonchev–Trinajstić information content (AvgIpc) is 3.21. The molecule has 4 atom stereocenters. The van der Waals surface area contributed by atoms with Crippen molar-refractivity contribution in [2.45, 2.75) is 135 Å². The summed E-state index contributed by atoms with van der Waals surface area (Å²) < 4.78 is 34.1. The minimum atomic E-state index is -4.45. The van der Waals surface area contributed by atoms with E-state index in [9.17, 15) is 29.3 Å². The van der Waals surface area contributed by atoms with Crippen LogP contribution in [0.25, 0.3) is 0 Å². The van der Waals surface area contributed by atoms with Gasteiger partial charge in [0.15, 0.2) is 6.10 Å². The number of allylic oxidation sites excluding steroid dienone is 16. The van der Waals surface area contributed by atoms with Crippen LogP contribution in [-0.2, 0) is 32.7 Å². The molecule has 3 N–H and O–H groups in total. The Bertz CT molecular complexity index is 1500. The lowest BCUT2D eigenvalue weighted by Crippen LogP contribution is -2.37. The van der Waals surface area contributed by atoms with E-state index in [-0.39, 0.29) is 26.1 Å². The van der Waals surface area contributed by atoms with Gasteiger partial charge in [0.2, 0.25) is 0 Å². The summed E-state index contributed by atoms with van der Waals surface area (Å²) in [6.07, 6.45) is 49.0. The van der Waals surface area contributed by atoms with Gasteiger partial charge in [0, 0.05) is 12.8 Å². The smallest absolute Gasteiger partial charge is 0.462 e. The van der Waals surface area contributed by atoms with Crippen LogP contribution in [0.1, 0.15) is 117 Å². The number of quaternary nitrogens is 1. The molecule has 0 bridgehead atoms. The molecular weight excluding hydrogens is 806 g/mol. The fourth-order valence-electron chi connectivity index (χ4n) is 5.10. The number of phosphoric ester groups is 1. The van der Waals surface area contributed by atoms with Crippen molar-refractivity contribution in [2.75, 3.05) is 47.5 Å². The number of unbranched alkanes of at least 4 members (excludes halogenated alkanes) is 5. The van der Waals surface area contributed by atoms with Gasteiger partial charge in [-0.1, -0.05) is 148 Å². The van der Waals surface area contributed by atoms with Crippen LogP contribution in [-0.4, -0.2) is 97.3 Å². The summed E-state index contributed by atoms with van der Waals surface area (Å²) in [5.41, 5.74) is 0. The van der Waals surface area contributed by atoms with Crippen molar-refractivity contribution in [2.24, 2.45) is 0 Å². The molecular formula is C50H81NO10P+. The van der Waals surface area contributed by atoms with E-state index in [0.717, 1.165) is 32.1 Å². The van der Waals surface area contributed by atoms with Crippen molar-refractivity contribution in [1.82, 2.24) is 0 Å². The molecule has 0 aromatic heterocycles. The van der Waals surface area contributed by atoms with Crippen LogP contribution < -0.4 is 0 Å². The first-order valence-corrected chi connectivity index (χ1v) is 24.0. The summed E-state index contributed by atoms with van der Waals surface area (Å²) in [5, 5.41) is 20.1. The molecule has 0 saturated heterocycles.